The van der Waals surface area contributed by atoms with E-state index in [4.69, 9.17) is 0 Å². The normalized spacial score (nSPS) is 22.1. The summed E-state index contributed by atoms with van der Waals surface area (Å²) in [7, 11) is 0. The summed E-state index contributed by atoms with van der Waals surface area (Å²) in [5.41, 5.74) is 9.54. The van der Waals surface area contributed by atoms with Gasteiger partial charge in [0.25, 0.3) is 0 Å². The lowest BCUT2D eigenvalue weighted by Gasteiger charge is -2.29. The topological polar surface area (TPSA) is 82.2 Å². The number of hydrogen-bond acceptors (Lipinski definition) is 6. The standard InChI is InChI=1S/C19H24N6O/c1-13-9-17(24-23-13)22-19-15-7-8-25(11-16(15)20-12-21-19)18(26)10-14-5-3-2-4-6-14/h2-6,12-13,17,23-24H,7-11H2,1H3,(H,20,21,22). The number of rotatable bonds is 4. The number of benzene rings is 1. The minimum absolute atomic E-state index is 0.144. The zero-order valence-electron chi connectivity index (χ0n) is 14.9. The molecule has 2 aliphatic rings. The second-order valence-corrected chi connectivity index (χ2v) is 7.00. The van der Waals surface area contributed by atoms with Gasteiger partial charge in [-0.15, -0.1) is 0 Å². The number of hydrazine groups is 1. The van der Waals surface area contributed by atoms with Crippen molar-refractivity contribution in [2.45, 2.75) is 44.9 Å². The first kappa shape index (κ1) is 16.9. The fraction of sp³-hybridized carbons (Fsp3) is 0.421. The van der Waals surface area contributed by atoms with Crippen molar-refractivity contribution in [1.29, 1.82) is 0 Å². The lowest BCUT2D eigenvalue weighted by Crippen LogP contribution is -2.39. The first-order valence-corrected chi connectivity index (χ1v) is 9.11. The Morgan fingerprint density at radius 2 is 2.12 bits per heavy atom. The molecule has 0 saturated carbocycles. The van der Waals surface area contributed by atoms with Crippen molar-refractivity contribution in [3.8, 4) is 0 Å². The zero-order chi connectivity index (χ0) is 17.9. The fourth-order valence-corrected chi connectivity index (χ4v) is 3.55. The van der Waals surface area contributed by atoms with E-state index >= 15 is 0 Å². The molecule has 136 valence electrons. The van der Waals surface area contributed by atoms with Crippen LogP contribution in [0.15, 0.2) is 36.7 Å². The Balaban J connectivity index is 1.44. The van der Waals surface area contributed by atoms with Gasteiger partial charge in [0.05, 0.1) is 24.8 Å². The predicted octanol–water partition coefficient (Wildman–Crippen LogP) is 1.23. The molecule has 0 radical (unpaired) electrons. The van der Waals surface area contributed by atoms with Crippen molar-refractivity contribution < 1.29 is 4.79 Å². The minimum atomic E-state index is 0.144. The van der Waals surface area contributed by atoms with Gasteiger partial charge in [-0.2, -0.15) is 0 Å². The summed E-state index contributed by atoms with van der Waals surface area (Å²) in [5, 5.41) is 3.46. The molecule has 3 N–H and O–H groups in total. The van der Waals surface area contributed by atoms with Gasteiger partial charge in [0.2, 0.25) is 5.91 Å². The van der Waals surface area contributed by atoms with Crippen LogP contribution >= 0.6 is 0 Å². The number of hydrogen-bond donors (Lipinski definition) is 3. The summed E-state index contributed by atoms with van der Waals surface area (Å²) in [6.07, 6.45) is 3.93. The van der Waals surface area contributed by atoms with Crippen LogP contribution in [0.25, 0.3) is 0 Å². The van der Waals surface area contributed by atoms with Crippen LogP contribution in [0.2, 0.25) is 0 Å². The van der Waals surface area contributed by atoms with Crippen LogP contribution in [0.3, 0.4) is 0 Å². The molecule has 7 heteroatoms. The molecular weight excluding hydrogens is 328 g/mol. The molecule has 1 amide bonds. The van der Waals surface area contributed by atoms with Crippen LogP contribution in [-0.4, -0.2) is 39.5 Å². The quantitative estimate of drug-likeness (QED) is 0.768. The molecule has 0 bridgehead atoms. The minimum Gasteiger partial charge on any atom is -0.353 e. The summed E-state index contributed by atoms with van der Waals surface area (Å²) < 4.78 is 0. The van der Waals surface area contributed by atoms with Crippen molar-refractivity contribution in [1.82, 2.24) is 25.7 Å². The number of fused-ring (bicyclic) bond motifs is 1. The summed E-state index contributed by atoms with van der Waals surface area (Å²) in [4.78, 5) is 23.4. The van der Waals surface area contributed by atoms with Gasteiger partial charge in [-0.3, -0.25) is 10.2 Å². The van der Waals surface area contributed by atoms with Gasteiger partial charge in [-0.1, -0.05) is 30.3 Å². The van der Waals surface area contributed by atoms with E-state index in [1.807, 2.05) is 35.2 Å². The molecule has 0 spiro atoms. The first-order valence-electron chi connectivity index (χ1n) is 9.11. The molecule has 26 heavy (non-hydrogen) atoms. The third kappa shape index (κ3) is 3.68. The van der Waals surface area contributed by atoms with E-state index in [0.717, 1.165) is 35.5 Å². The monoisotopic (exact) mass is 352 g/mol. The van der Waals surface area contributed by atoms with Crippen molar-refractivity contribution >= 4 is 11.7 Å². The Hall–Kier alpha value is -2.51. The Kier molecular flexibility index (Phi) is 4.81. The fourth-order valence-electron chi connectivity index (χ4n) is 3.55. The van der Waals surface area contributed by atoms with Crippen LogP contribution in [0.5, 0.6) is 0 Å². The number of nitrogens with one attached hydrogen (secondary N) is 3. The Labute approximate surface area is 153 Å². The molecular formula is C19H24N6O. The highest BCUT2D eigenvalue weighted by molar-refractivity contribution is 5.79. The molecule has 2 atom stereocenters. The van der Waals surface area contributed by atoms with Crippen LogP contribution in [0.1, 0.15) is 30.2 Å². The number of carbonyl (C=O) groups is 1. The van der Waals surface area contributed by atoms with Gasteiger partial charge in [0.15, 0.2) is 0 Å². The van der Waals surface area contributed by atoms with E-state index in [2.05, 4.69) is 33.1 Å². The van der Waals surface area contributed by atoms with Crippen LogP contribution in [0.4, 0.5) is 5.82 Å². The summed E-state index contributed by atoms with van der Waals surface area (Å²) in [6, 6.07) is 10.3. The van der Waals surface area contributed by atoms with E-state index < -0.39 is 0 Å². The summed E-state index contributed by atoms with van der Waals surface area (Å²) >= 11 is 0. The molecule has 7 nitrogen and oxygen atoms in total. The van der Waals surface area contributed by atoms with Gasteiger partial charge in [-0.25, -0.2) is 15.4 Å². The molecule has 1 saturated heterocycles. The maximum absolute atomic E-state index is 12.6. The molecule has 0 aliphatic carbocycles. The smallest absolute Gasteiger partial charge is 0.227 e. The lowest BCUT2D eigenvalue weighted by molar-refractivity contribution is -0.131. The zero-order valence-corrected chi connectivity index (χ0v) is 14.9. The predicted molar refractivity (Wildman–Crippen MR) is 99.1 cm³/mol. The second-order valence-electron chi connectivity index (χ2n) is 7.00. The van der Waals surface area contributed by atoms with Gasteiger partial charge in [0.1, 0.15) is 12.1 Å². The summed E-state index contributed by atoms with van der Waals surface area (Å²) in [6.45, 7) is 3.39. The molecule has 1 fully saturated rings. The number of aromatic nitrogens is 2. The van der Waals surface area contributed by atoms with Crippen molar-refractivity contribution in [2.24, 2.45) is 0 Å². The Bertz CT molecular complexity index is 781. The molecule has 2 unspecified atom stereocenters. The summed E-state index contributed by atoms with van der Waals surface area (Å²) in [5.74, 6) is 1.02. The van der Waals surface area contributed by atoms with Crippen molar-refractivity contribution in [3.63, 3.8) is 0 Å². The SMILES string of the molecule is CC1CC(Nc2ncnc3c2CCN(C(=O)Cc2ccccc2)C3)NN1. The molecule has 2 aliphatic heterocycles. The highest BCUT2D eigenvalue weighted by Crippen LogP contribution is 2.24. The van der Waals surface area contributed by atoms with Gasteiger partial charge in [0, 0.05) is 18.2 Å². The molecule has 4 rings (SSSR count). The Morgan fingerprint density at radius 3 is 2.88 bits per heavy atom. The first-order chi connectivity index (χ1) is 12.7. The highest BCUT2D eigenvalue weighted by Gasteiger charge is 2.26. The van der Waals surface area contributed by atoms with Gasteiger partial charge in [-0.05, 0) is 25.3 Å². The number of anilines is 1. The maximum atomic E-state index is 12.6. The van der Waals surface area contributed by atoms with Crippen molar-refractivity contribution in [2.75, 3.05) is 11.9 Å². The van der Waals surface area contributed by atoms with E-state index in [1.165, 1.54) is 0 Å². The Morgan fingerprint density at radius 1 is 1.27 bits per heavy atom. The van der Waals surface area contributed by atoms with E-state index in [1.54, 1.807) is 6.33 Å². The van der Waals surface area contributed by atoms with Gasteiger partial charge >= 0.3 is 0 Å². The molecule has 2 aromatic rings. The van der Waals surface area contributed by atoms with Crippen LogP contribution < -0.4 is 16.2 Å². The largest absolute Gasteiger partial charge is 0.353 e. The van der Waals surface area contributed by atoms with Crippen LogP contribution in [0, 0.1) is 0 Å². The van der Waals surface area contributed by atoms with E-state index in [9.17, 15) is 4.79 Å². The molecule has 1 aromatic carbocycles. The maximum Gasteiger partial charge on any atom is 0.227 e. The third-order valence-electron chi connectivity index (χ3n) is 4.96. The molecule has 3 heterocycles. The molecule has 1 aromatic heterocycles. The van der Waals surface area contributed by atoms with Gasteiger partial charge < -0.3 is 10.2 Å². The average molecular weight is 352 g/mol. The van der Waals surface area contributed by atoms with Crippen LogP contribution in [-0.2, 0) is 24.2 Å². The number of amides is 1. The average Bonchev–Trinajstić information content (AvgIpc) is 3.07. The highest BCUT2D eigenvalue weighted by atomic mass is 16.2. The second kappa shape index (κ2) is 7.39. The van der Waals surface area contributed by atoms with E-state index in [-0.39, 0.29) is 12.1 Å². The number of carbonyl (C=O) groups excluding carboxylic acids is 1. The van der Waals surface area contributed by atoms with Crippen molar-refractivity contribution in [3.05, 3.63) is 53.5 Å². The number of nitrogens with zero attached hydrogens (tertiary/aromatic N) is 3. The lowest BCUT2D eigenvalue weighted by atomic mass is 10.0. The third-order valence-corrected chi connectivity index (χ3v) is 4.96. The van der Waals surface area contributed by atoms with E-state index in [0.29, 0.717) is 25.6 Å².